The number of rotatable bonds is 1. The first-order valence-corrected chi connectivity index (χ1v) is 4.68. The first kappa shape index (κ1) is 9.83. The molecule has 79 valence electrons. The van der Waals surface area contributed by atoms with Gasteiger partial charge >= 0.3 is 0 Å². The standard InChI is InChI=1S/C9H12F2NO2/c10-9(11)5-12(6-9)8(13)7-1-3-14-4-2-7/h1-6H2. The van der Waals surface area contributed by atoms with Crippen LogP contribution >= 0.6 is 0 Å². The summed E-state index contributed by atoms with van der Waals surface area (Å²) in [6.45, 7) is 0.225. The van der Waals surface area contributed by atoms with E-state index in [1.54, 1.807) is 0 Å². The van der Waals surface area contributed by atoms with E-state index in [1.807, 2.05) is 0 Å². The number of alkyl halides is 2. The van der Waals surface area contributed by atoms with Gasteiger partial charge in [-0.25, -0.2) is 8.78 Å². The number of hydrogen-bond donors (Lipinski definition) is 0. The maximum atomic E-state index is 12.5. The third kappa shape index (κ3) is 1.87. The van der Waals surface area contributed by atoms with E-state index < -0.39 is 19.0 Å². The zero-order valence-corrected chi connectivity index (χ0v) is 7.76. The van der Waals surface area contributed by atoms with Crippen LogP contribution in [0.3, 0.4) is 0 Å². The summed E-state index contributed by atoms with van der Waals surface area (Å²) in [4.78, 5) is 12.8. The maximum Gasteiger partial charge on any atom is 0.282 e. The number of halogens is 2. The lowest BCUT2D eigenvalue weighted by Crippen LogP contribution is -2.59. The van der Waals surface area contributed by atoms with Crippen molar-refractivity contribution in [2.45, 2.75) is 18.8 Å². The fraction of sp³-hybridized carbons (Fsp3) is 0.778. The van der Waals surface area contributed by atoms with Crippen molar-refractivity contribution in [2.75, 3.05) is 26.3 Å². The smallest absolute Gasteiger partial charge is 0.282 e. The van der Waals surface area contributed by atoms with E-state index in [2.05, 4.69) is 0 Å². The van der Waals surface area contributed by atoms with Crippen molar-refractivity contribution in [3.8, 4) is 0 Å². The van der Waals surface area contributed by atoms with Crippen molar-refractivity contribution in [2.24, 2.45) is 0 Å². The quantitative estimate of drug-likeness (QED) is 0.633. The fourth-order valence-corrected chi connectivity index (χ4v) is 1.71. The Labute approximate surface area is 81.0 Å². The Hall–Kier alpha value is -0.710. The minimum atomic E-state index is -2.67. The van der Waals surface area contributed by atoms with Crippen LogP contribution in [0.1, 0.15) is 12.8 Å². The van der Waals surface area contributed by atoms with E-state index >= 15 is 0 Å². The summed E-state index contributed by atoms with van der Waals surface area (Å²) in [5.41, 5.74) is 0. The Morgan fingerprint density at radius 3 is 2.36 bits per heavy atom. The molecule has 0 saturated carbocycles. The van der Waals surface area contributed by atoms with Gasteiger partial charge in [-0.3, -0.25) is 4.79 Å². The van der Waals surface area contributed by atoms with Gasteiger partial charge in [0, 0.05) is 13.2 Å². The van der Waals surface area contributed by atoms with Gasteiger partial charge < -0.3 is 9.64 Å². The Balaban J connectivity index is 1.84. The lowest BCUT2D eigenvalue weighted by Gasteiger charge is -2.40. The van der Waals surface area contributed by atoms with Crippen LogP contribution in [0.25, 0.3) is 0 Å². The first-order valence-electron chi connectivity index (χ1n) is 4.68. The second kappa shape index (κ2) is 3.46. The summed E-state index contributed by atoms with van der Waals surface area (Å²) in [6, 6.07) is 0. The lowest BCUT2D eigenvalue weighted by atomic mass is 9.96. The molecule has 2 aliphatic heterocycles. The predicted molar refractivity (Wildman–Crippen MR) is 44.8 cm³/mol. The zero-order chi connectivity index (χ0) is 10.2. The van der Waals surface area contributed by atoms with Crippen LogP contribution in [0.5, 0.6) is 0 Å². The van der Waals surface area contributed by atoms with Crippen LogP contribution < -0.4 is 0 Å². The molecular weight excluding hydrogens is 192 g/mol. The minimum absolute atomic E-state index is 0.209. The Kier molecular flexibility index (Phi) is 2.43. The van der Waals surface area contributed by atoms with Gasteiger partial charge in [0.2, 0.25) is 5.91 Å². The number of ether oxygens (including phenoxy) is 1. The average molecular weight is 204 g/mol. The van der Waals surface area contributed by atoms with Crippen molar-refractivity contribution >= 4 is 5.91 Å². The van der Waals surface area contributed by atoms with E-state index in [1.165, 1.54) is 4.90 Å². The third-order valence-corrected chi connectivity index (χ3v) is 2.53. The van der Waals surface area contributed by atoms with E-state index in [0.29, 0.717) is 26.1 Å². The second-order valence-corrected chi connectivity index (χ2v) is 3.73. The molecule has 2 aliphatic rings. The highest BCUT2D eigenvalue weighted by atomic mass is 19.3. The van der Waals surface area contributed by atoms with Crippen LogP contribution in [0.15, 0.2) is 0 Å². The maximum absolute atomic E-state index is 12.5. The van der Waals surface area contributed by atoms with Gasteiger partial charge in [-0.2, -0.15) is 0 Å². The van der Waals surface area contributed by atoms with Crippen LogP contribution in [-0.4, -0.2) is 43.0 Å². The van der Waals surface area contributed by atoms with Gasteiger partial charge in [0.05, 0.1) is 19.0 Å². The molecule has 2 rings (SSSR count). The average Bonchev–Trinajstić information content (AvgIpc) is 2.14. The summed E-state index contributed by atoms with van der Waals surface area (Å²) >= 11 is 0. The highest BCUT2D eigenvalue weighted by molar-refractivity contribution is 5.90. The Bertz CT molecular complexity index is 231. The van der Waals surface area contributed by atoms with Gasteiger partial charge in [0.25, 0.3) is 5.92 Å². The molecule has 0 atom stereocenters. The molecule has 3 nitrogen and oxygen atoms in total. The monoisotopic (exact) mass is 204 g/mol. The van der Waals surface area contributed by atoms with E-state index in [4.69, 9.17) is 4.74 Å². The summed E-state index contributed by atoms with van der Waals surface area (Å²) in [6.07, 6.45) is 1.17. The zero-order valence-electron chi connectivity index (χ0n) is 7.76. The number of amides is 1. The number of carbonyl (C=O) groups excluding carboxylic acids is 1. The molecule has 5 heteroatoms. The molecule has 0 unspecified atom stereocenters. The SMILES string of the molecule is O=C([C]1CCOCC1)N1CC(F)(F)C1. The van der Waals surface area contributed by atoms with E-state index in [-0.39, 0.29) is 5.91 Å². The summed E-state index contributed by atoms with van der Waals surface area (Å²) < 4.78 is 30.1. The van der Waals surface area contributed by atoms with Gasteiger partial charge in [-0.05, 0) is 12.8 Å². The van der Waals surface area contributed by atoms with Gasteiger partial charge in [0.1, 0.15) is 0 Å². The van der Waals surface area contributed by atoms with E-state index in [0.717, 1.165) is 5.92 Å². The molecule has 2 saturated heterocycles. The van der Waals surface area contributed by atoms with Gasteiger partial charge in [0.15, 0.2) is 0 Å². The molecule has 1 amide bonds. The molecule has 1 radical (unpaired) electrons. The molecule has 0 N–H and O–H groups in total. The number of likely N-dealkylation sites (tertiary alicyclic amines) is 1. The Morgan fingerprint density at radius 1 is 1.29 bits per heavy atom. The molecule has 2 heterocycles. The second-order valence-electron chi connectivity index (χ2n) is 3.73. The number of nitrogens with zero attached hydrogens (tertiary/aromatic N) is 1. The molecule has 0 aromatic rings. The van der Waals surface area contributed by atoms with Crippen molar-refractivity contribution in [1.82, 2.24) is 4.90 Å². The summed E-state index contributed by atoms with van der Waals surface area (Å²) in [7, 11) is 0. The molecule has 0 aromatic heterocycles. The molecule has 14 heavy (non-hydrogen) atoms. The highest BCUT2D eigenvalue weighted by Crippen LogP contribution is 2.30. The van der Waals surface area contributed by atoms with Crippen LogP contribution in [0, 0.1) is 5.92 Å². The normalized spacial score (nSPS) is 27.1. The number of carbonyl (C=O) groups is 1. The Morgan fingerprint density at radius 2 is 1.86 bits per heavy atom. The molecule has 0 bridgehead atoms. The summed E-state index contributed by atoms with van der Waals surface area (Å²) in [5.74, 6) is -2.15. The van der Waals surface area contributed by atoms with Gasteiger partial charge in [-0.15, -0.1) is 0 Å². The fourth-order valence-electron chi connectivity index (χ4n) is 1.71. The lowest BCUT2D eigenvalue weighted by molar-refractivity contribution is -0.165. The number of hydrogen-bond acceptors (Lipinski definition) is 2. The topological polar surface area (TPSA) is 29.5 Å². The first-order chi connectivity index (χ1) is 6.58. The molecule has 0 aliphatic carbocycles. The van der Waals surface area contributed by atoms with Crippen molar-refractivity contribution in [3.05, 3.63) is 5.92 Å². The van der Waals surface area contributed by atoms with E-state index in [9.17, 15) is 13.6 Å². The van der Waals surface area contributed by atoms with Crippen molar-refractivity contribution in [1.29, 1.82) is 0 Å². The largest absolute Gasteiger partial charge is 0.381 e. The summed E-state index contributed by atoms with van der Waals surface area (Å²) in [5, 5.41) is 0. The third-order valence-electron chi connectivity index (χ3n) is 2.53. The van der Waals surface area contributed by atoms with Crippen LogP contribution in [0.4, 0.5) is 8.78 Å². The highest BCUT2D eigenvalue weighted by Gasteiger charge is 2.47. The predicted octanol–water partition coefficient (Wildman–Crippen LogP) is 0.849. The van der Waals surface area contributed by atoms with Crippen LogP contribution in [0.2, 0.25) is 0 Å². The van der Waals surface area contributed by atoms with Crippen molar-refractivity contribution < 1.29 is 18.3 Å². The molecule has 0 spiro atoms. The molecule has 2 fully saturated rings. The minimum Gasteiger partial charge on any atom is -0.381 e. The molecule has 0 aromatic carbocycles. The van der Waals surface area contributed by atoms with Crippen LogP contribution in [-0.2, 0) is 9.53 Å². The van der Waals surface area contributed by atoms with Gasteiger partial charge in [-0.1, -0.05) is 0 Å². The van der Waals surface area contributed by atoms with Crippen molar-refractivity contribution in [3.63, 3.8) is 0 Å². The molecular formula is C9H12F2NO2.